The van der Waals surface area contributed by atoms with E-state index in [0.29, 0.717) is 11.1 Å². The molecule has 0 unspecified atom stereocenters. The Kier molecular flexibility index (Phi) is 7.98. The lowest BCUT2D eigenvalue weighted by Crippen LogP contribution is -2.23. The van der Waals surface area contributed by atoms with Crippen molar-refractivity contribution in [1.29, 1.82) is 0 Å². The molecule has 2 aliphatic heterocycles. The number of rotatable bonds is 9. The van der Waals surface area contributed by atoms with Crippen LogP contribution < -0.4 is 16.1 Å². The van der Waals surface area contributed by atoms with Crippen LogP contribution in [0.15, 0.2) is 87.1 Å². The number of carbonyl (C=O) groups is 2. The molecule has 0 spiro atoms. The predicted molar refractivity (Wildman–Crippen MR) is 161 cm³/mol. The number of hydrogen-bond donors (Lipinski definition) is 2. The number of nitro benzene ring substituents is 2. The lowest BCUT2D eigenvalue weighted by molar-refractivity contribution is -0.385. The summed E-state index contributed by atoms with van der Waals surface area (Å²) >= 11 is 2.57. The second-order valence-corrected chi connectivity index (χ2v) is 10.4. The topological polar surface area (TPSA) is 194 Å². The van der Waals surface area contributed by atoms with Crippen molar-refractivity contribution in [3.05, 3.63) is 98.1 Å². The zero-order valence-electron chi connectivity index (χ0n) is 20.5. The average molecular weight is 586 g/mol. The number of fused-ring (bicyclic) bond motifs is 2. The minimum absolute atomic E-state index is 0.0357. The van der Waals surface area contributed by atoms with Crippen LogP contribution in [-0.4, -0.2) is 49.4 Å². The zero-order valence-corrected chi connectivity index (χ0v) is 22.2. The molecule has 5 rings (SSSR count). The van der Waals surface area contributed by atoms with E-state index in [-0.39, 0.29) is 39.4 Å². The Balaban J connectivity index is 1.29. The molecule has 0 saturated carbocycles. The summed E-state index contributed by atoms with van der Waals surface area (Å²) in [5.41, 5.74) is 5.02. The fourth-order valence-corrected chi connectivity index (χ4v) is 5.45. The molecular weight excluding hydrogens is 571 g/mol. The van der Waals surface area contributed by atoms with Gasteiger partial charge in [0.05, 0.1) is 32.3 Å². The Morgan fingerprint density at radius 1 is 0.707 bits per heavy atom. The molecule has 0 saturated heterocycles. The van der Waals surface area contributed by atoms with E-state index in [2.05, 4.69) is 31.0 Å². The monoisotopic (exact) mass is 586 g/mol. The van der Waals surface area contributed by atoms with Crippen LogP contribution in [0.25, 0.3) is 0 Å². The highest BCUT2D eigenvalue weighted by Gasteiger charge is 2.29. The van der Waals surface area contributed by atoms with Crippen LogP contribution >= 0.6 is 23.2 Å². The Labute approximate surface area is 239 Å². The van der Waals surface area contributed by atoms with Crippen LogP contribution in [0.2, 0.25) is 0 Å². The van der Waals surface area contributed by atoms with E-state index in [1.807, 2.05) is 30.3 Å². The van der Waals surface area contributed by atoms with Gasteiger partial charge in [-0.2, -0.15) is 10.2 Å². The largest absolute Gasteiger partial charge is 0.320 e. The van der Waals surface area contributed by atoms with Crippen molar-refractivity contribution in [1.82, 2.24) is 0 Å². The van der Waals surface area contributed by atoms with E-state index in [9.17, 15) is 29.8 Å². The van der Waals surface area contributed by atoms with E-state index < -0.39 is 21.7 Å². The minimum Gasteiger partial charge on any atom is -0.320 e. The zero-order chi connectivity index (χ0) is 28.9. The van der Waals surface area contributed by atoms with Gasteiger partial charge in [0.15, 0.2) is 11.4 Å². The Morgan fingerprint density at radius 3 is 1.61 bits per heavy atom. The predicted octanol–water partition coefficient (Wildman–Crippen LogP) is 3.43. The second kappa shape index (κ2) is 11.9. The number of non-ortho nitro benzene ring substituents is 2. The second-order valence-electron chi connectivity index (χ2n) is 8.24. The molecule has 0 bridgehead atoms. The molecule has 0 aliphatic carbocycles. The summed E-state index contributed by atoms with van der Waals surface area (Å²) in [4.78, 5) is 45.5. The highest BCUT2D eigenvalue weighted by Crippen LogP contribution is 2.29. The standard InChI is InChI=1S/C24H15BN8O6S2/c34-23-21(17-8-6-15(32(36)37)10-19(17)28-23)30-26-12-40-25(14-4-2-1-3-5-14)41-13-27-31-22-18-9-7-16(33(38)39)11-20(18)29-24(22)35/h1-13H,(H,28,30,34)(H,29,31,35)/b26-12+,27-13+. The van der Waals surface area contributed by atoms with E-state index in [1.165, 1.54) is 70.7 Å². The van der Waals surface area contributed by atoms with Gasteiger partial charge in [-0.05, 0) is 12.1 Å². The normalized spacial score (nSPS) is 15.8. The molecule has 202 valence electrons. The molecule has 0 fully saturated rings. The lowest BCUT2D eigenvalue weighted by Gasteiger charge is -2.06. The molecule has 0 atom stereocenters. The summed E-state index contributed by atoms with van der Waals surface area (Å²) in [5.74, 6) is -1.04. The van der Waals surface area contributed by atoms with Gasteiger partial charge in [-0.15, -0.1) is 33.4 Å². The smallest absolute Gasteiger partial charge is 0.320 e. The molecule has 2 amide bonds. The van der Waals surface area contributed by atoms with Gasteiger partial charge in [0.1, 0.15) is 0 Å². The van der Waals surface area contributed by atoms with Crippen molar-refractivity contribution < 1.29 is 19.4 Å². The quantitative estimate of drug-likeness (QED) is 0.125. The molecule has 2 heterocycles. The van der Waals surface area contributed by atoms with Crippen LogP contribution in [-0.2, 0) is 9.59 Å². The van der Waals surface area contributed by atoms with Crippen LogP contribution in [0.4, 0.5) is 22.7 Å². The Hall–Kier alpha value is -5.16. The highest BCUT2D eigenvalue weighted by molar-refractivity contribution is 8.63. The van der Waals surface area contributed by atoms with Crippen LogP contribution in [0, 0.1) is 20.2 Å². The van der Waals surface area contributed by atoms with Gasteiger partial charge in [-0.3, -0.25) is 29.8 Å². The van der Waals surface area contributed by atoms with Crippen molar-refractivity contribution in [2.45, 2.75) is 0 Å². The Bertz CT molecular complexity index is 1610. The molecule has 3 aromatic rings. The van der Waals surface area contributed by atoms with Gasteiger partial charge in [-0.1, -0.05) is 35.8 Å². The summed E-state index contributed by atoms with van der Waals surface area (Å²) < 4.78 is 0. The first-order valence-electron chi connectivity index (χ1n) is 11.6. The maximum Gasteiger partial charge on any atom is 0.320 e. The van der Waals surface area contributed by atoms with E-state index in [0.717, 1.165) is 5.46 Å². The fourth-order valence-electron chi connectivity index (χ4n) is 3.84. The van der Waals surface area contributed by atoms with Crippen molar-refractivity contribution in [3.63, 3.8) is 0 Å². The summed E-state index contributed by atoms with van der Waals surface area (Å²) in [6.07, 6.45) is 0. The molecule has 2 N–H and O–H groups in total. The van der Waals surface area contributed by atoms with Gasteiger partial charge < -0.3 is 10.6 Å². The number of benzene rings is 3. The summed E-state index contributed by atoms with van der Waals surface area (Å²) in [5, 5.41) is 42.9. The van der Waals surface area contributed by atoms with Gasteiger partial charge in [-0.25, -0.2) is 0 Å². The molecule has 0 radical (unpaired) electrons. The van der Waals surface area contributed by atoms with Gasteiger partial charge in [0, 0.05) is 35.4 Å². The molecule has 41 heavy (non-hydrogen) atoms. The average Bonchev–Trinajstić information content (AvgIpc) is 3.45. The number of hydrogen-bond acceptors (Lipinski definition) is 12. The van der Waals surface area contributed by atoms with Crippen molar-refractivity contribution >= 4 is 91.0 Å². The van der Waals surface area contributed by atoms with Crippen molar-refractivity contribution in [3.8, 4) is 0 Å². The number of carbonyl (C=O) groups excluding carboxylic acids is 2. The maximum absolute atomic E-state index is 12.3. The van der Waals surface area contributed by atoms with Crippen LogP contribution in [0.3, 0.4) is 0 Å². The highest BCUT2D eigenvalue weighted by atomic mass is 32.2. The SMILES string of the molecule is O=C1Nc2cc([N+](=O)[O-])ccc2/C1=N/N=C/SB(S/C=N/N=C1\C(=O)Nc2cc([N+](=O)[O-])ccc21)c1ccccc1. The van der Waals surface area contributed by atoms with Crippen molar-refractivity contribution in [2.75, 3.05) is 10.6 Å². The number of nitrogens with one attached hydrogen (secondary N) is 2. The first-order chi connectivity index (χ1) is 19.8. The molecule has 17 heteroatoms. The third-order valence-electron chi connectivity index (χ3n) is 5.72. The van der Waals surface area contributed by atoms with E-state index in [1.54, 1.807) is 0 Å². The van der Waals surface area contributed by atoms with Gasteiger partial charge >= 0.3 is 5.27 Å². The van der Waals surface area contributed by atoms with Gasteiger partial charge in [0.2, 0.25) is 0 Å². The van der Waals surface area contributed by atoms with Gasteiger partial charge in [0.25, 0.3) is 23.2 Å². The third kappa shape index (κ3) is 6.05. The first-order valence-corrected chi connectivity index (χ1v) is 13.5. The van der Waals surface area contributed by atoms with E-state index in [4.69, 9.17) is 0 Å². The molecule has 14 nitrogen and oxygen atoms in total. The maximum atomic E-state index is 12.3. The van der Waals surface area contributed by atoms with Crippen LogP contribution in [0.5, 0.6) is 0 Å². The minimum atomic E-state index is -0.553. The number of anilines is 2. The summed E-state index contributed by atoms with van der Waals surface area (Å²) in [6.45, 7) is 0. The first kappa shape index (κ1) is 27.4. The third-order valence-corrected chi connectivity index (χ3v) is 7.85. The molecular formula is C24H15BN8O6S2. The molecule has 3 aromatic carbocycles. The fraction of sp³-hybridized carbons (Fsp3) is 0. The van der Waals surface area contributed by atoms with E-state index >= 15 is 0 Å². The molecule has 0 aromatic heterocycles. The molecule has 2 aliphatic rings. The van der Waals surface area contributed by atoms with Crippen molar-refractivity contribution in [2.24, 2.45) is 20.4 Å². The van der Waals surface area contributed by atoms with Crippen LogP contribution in [0.1, 0.15) is 11.1 Å². The lowest BCUT2D eigenvalue weighted by atomic mass is 9.93. The number of nitrogens with zero attached hydrogens (tertiary/aromatic N) is 6. The number of amides is 2. The Morgan fingerprint density at radius 2 is 1.17 bits per heavy atom. The summed E-state index contributed by atoms with van der Waals surface area (Å²) in [6, 6.07) is 17.4. The number of nitro groups is 2. The summed E-state index contributed by atoms with van der Waals surface area (Å²) in [7, 11) is 0.